The van der Waals surface area contributed by atoms with Gasteiger partial charge >= 0.3 is 0 Å². The van der Waals surface area contributed by atoms with Gasteiger partial charge in [-0.15, -0.1) is 11.8 Å². The Kier molecular flexibility index (Phi) is 6.83. The Morgan fingerprint density at radius 3 is 2.71 bits per heavy atom. The van der Waals surface area contributed by atoms with Crippen molar-refractivity contribution in [3.05, 3.63) is 32.7 Å². The molecule has 1 aromatic rings. The third kappa shape index (κ3) is 4.81. The number of rotatable bonds is 5. The Bertz CT molecular complexity index is 421. The molecule has 0 spiro atoms. The maximum Gasteiger partial charge on any atom is 0.0445 e. The molecule has 0 bridgehead atoms. The van der Waals surface area contributed by atoms with Crippen LogP contribution in [0.1, 0.15) is 24.9 Å². The van der Waals surface area contributed by atoms with Gasteiger partial charge < -0.3 is 11.1 Å². The normalized spacial score (nSPS) is 11.8. The first-order chi connectivity index (χ1) is 8.19. The van der Waals surface area contributed by atoms with E-state index in [0.29, 0.717) is 6.54 Å². The van der Waals surface area contributed by atoms with Crippen molar-refractivity contribution >= 4 is 31.9 Å². The highest BCUT2D eigenvalue weighted by Gasteiger charge is 2.09. The maximum atomic E-state index is 5.78. The van der Waals surface area contributed by atoms with Gasteiger partial charge in [0.05, 0.1) is 0 Å². The second kappa shape index (κ2) is 7.88. The number of benzene rings is 1. The number of hydrogen-bond donors (Lipinski definition) is 2. The third-order valence-electron chi connectivity index (χ3n) is 2.40. The summed E-state index contributed by atoms with van der Waals surface area (Å²) < 4.78 is 2.09. The minimum Gasteiger partial charge on any atom is -0.329 e. The van der Waals surface area contributed by atoms with E-state index in [1.54, 1.807) is 0 Å². The quantitative estimate of drug-likeness (QED) is 0.625. The van der Waals surface area contributed by atoms with Crippen molar-refractivity contribution in [3.8, 4) is 11.8 Å². The minimum atomic E-state index is 0.179. The van der Waals surface area contributed by atoms with Gasteiger partial charge in [0.25, 0.3) is 0 Å². The second-order valence-electron chi connectivity index (χ2n) is 3.59. The van der Waals surface area contributed by atoms with Gasteiger partial charge in [0.1, 0.15) is 0 Å². The molecule has 1 unspecified atom stereocenters. The van der Waals surface area contributed by atoms with Crippen LogP contribution in [0.25, 0.3) is 0 Å². The van der Waals surface area contributed by atoms with Gasteiger partial charge in [0.2, 0.25) is 0 Å². The first-order valence-electron chi connectivity index (χ1n) is 5.47. The van der Waals surface area contributed by atoms with Crippen LogP contribution >= 0.6 is 31.9 Å². The molecule has 0 saturated heterocycles. The molecule has 92 valence electrons. The average Bonchev–Trinajstić information content (AvgIpc) is 2.33. The van der Waals surface area contributed by atoms with Crippen LogP contribution in [0.4, 0.5) is 0 Å². The van der Waals surface area contributed by atoms with E-state index in [-0.39, 0.29) is 6.04 Å². The van der Waals surface area contributed by atoms with Crippen molar-refractivity contribution in [2.24, 2.45) is 5.73 Å². The summed E-state index contributed by atoms with van der Waals surface area (Å²) in [6, 6.07) is 6.36. The van der Waals surface area contributed by atoms with Crippen LogP contribution in [0.5, 0.6) is 0 Å². The molecule has 1 aromatic carbocycles. The van der Waals surface area contributed by atoms with Gasteiger partial charge in [-0.2, -0.15) is 0 Å². The summed E-state index contributed by atoms with van der Waals surface area (Å²) >= 11 is 6.96. The molecule has 3 N–H and O–H groups in total. The monoisotopic (exact) mass is 358 g/mol. The maximum absolute atomic E-state index is 5.78. The highest BCUT2D eigenvalue weighted by atomic mass is 79.9. The highest BCUT2D eigenvalue weighted by Crippen LogP contribution is 2.26. The fourth-order valence-corrected chi connectivity index (χ4v) is 2.14. The number of hydrogen-bond acceptors (Lipinski definition) is 2. The Hall–Kier alpha value is -0.340. The molecule has 0 aromatic heterocycles. The largest absolute Gasteiger partial charge is 0.329 e. The predicted octanol–water partition coefficient (Wildman–Crippen LogP) is 3.21. The average molecular weight is 360 g/mol. The Morgan fingerprint density at radius 2 is 2.12 bits per heavy atom. The van der Waals surface area contributed by atoms with Gasteiger partial charge in [0, 0.05) is 34.5 Å². The van der Waals surface area contributed by atoms with Crippen molar-refractivity contribution in [3.63, 3.8) is 0 Å². The zero-order chi connectivity index (χ0) is 12.7. The molecular formula is C13H16Br2N2. The van der Waals surface area contributed by atoms with E-state index < -0.39 is 0 Å². The van der Waals surface area contributed by atoms with Crippen LogP contribution < -0.4 is 11.1 Å². The van der Waals surface area contributed by atoms with Gasteiger partial charge in [0.15, 0.2) is 0 Å². The van der Waals surface area contributed by atoms with Crippen LogP contribution in [-0.2, 0) is 0 Å². The molecule has 0 aliphatic carbocycles. The van der Waals surface area contributed by atoms with Gasteiger partial charge in [-0.1, -0.05) is 6.07 Å². The minimum absolute atomic E-state index is 0.179. The molecule has 0 fully saturated rings. The number of nitrogens with one attached hydrogen (secondary N) is 1. The summed E-state index contributed by atoms with van der Waals surface area (Å²) in [5.74, 6) is 5.91. The fourth-order valence-electron chi connectivity index (χ4n) is 1.50. The summed E-state index contributed by atoms with van der Waals surface area (Å²) in [5, 5.41) is 3.40. The Labute approximate surface area is 120 Å². The molecular weight excluding hydrogens is 344 g/mol. The molecule has 0 heterocycles. The molecule has 17 heavy (non-hydrogen) atoms. The van der Waals surface area contributed by atoms with E-state index in [2.05, 4.69) is 61.2 Å². The molecule has 4 heteroatoms. The van der Waals surface area contributed by atoms with Crippen LogP contribution in [0, 0.1) is 11.8 Å². The van der Waals surface area contributed by atoms with Crippen molar-refractivity contribution in [1.29, 1.82) is 0 Å². The van der Waals surface area contributed by atoms with Crippen molar-refractivity contribution in [1.82, 2.24) is 5.32 Å². The standard InChI is InChI=1S/C13H16Br2N2/c1-2-3-4-7-17-13(9-16)10-5-6-11(14)12(15)8-10/h5-6,8,13,17H,4,7,9,16H2,1H3. The smallest absolute Gasteiger partial charge is 0.0445 e. The molecule has 0 amide bonds. The summed E-state index contributed by atoms with van der Waals surface area (Å²) in [4.78, 5) is 0. The lowest BCUT2D eigenvalue weighted by Gasteiger charge is -2.17. The first kappa shape index (κ1) is 14.7. The van der Waals surface area contributed by atoms with Crippen molar-refractivity contribution in [2.45, 2.75) is 19.4 Å². The van der Waals surface area contributed by atoms with Crippen LogP contribution in [0.2, 0.25) is 0 Å². The van der Waals surface area contributed by atoms with Gasteiger partial charge in [-0.3, -0.25) is 0 Å². The topological polar surface area (TPSA) is 38.0 Å². The van der Waals surface area contributed by atoms with Gasteiger partial charge in [-0.25, -0.2) is 0 Å². The van der Waals surface area contributed by atoms with E-state index in [9.17, 15) is 0 Å². The molecule has 0 radical (unpaired) electrons. The first-order valence-corrected chi connectivity index (χ1v) is 7.05. The lowest BCUT2D eigenvalue weighted by Crippen LogP contribution is -2.28. The summed E-state index contributed by atoms with van der Waals surface area (Å²) in [5.41, 5.74) is 6.97. The zero-order valence-corrected chi connectivity index (χ0v) is 12.9. The molecule has 0 aliphatic rings. The second-order valence-corrected chi connectivity index (χ2v) is 5.30. The predicted molar refractivity (Wildman–Crippen MR) is 79.7 cm³/mol. The Morgan fingerprint density at radius 1 is 1.35 bits per heavy atom. The van der Waals surface area contributed by atoms with E-state index in [0.717, 1.165) is 21.9 Å². The van der Waals surface area contributed by atoms with Crippen molar-refractivity contribution in [2.75, 3.05) is 13.1 Å². The molecule has 0 saturated carbocycles. The van der Waals surface area contributed by atoms with E-state index in [1.165, 1.54) is 5.56 Å². The molecule has 2 nitrogen and oxygen atoms in total. The summed E-state index contributed by atoms with van der Waals surface area (Å²) in [6.45, 7) is 3.29. The lowest BCUT2D eigenvalue weighted by atomic mass is 10.1. The molecule has 0 aliphatic heterocycles. The fraction of sp³-hybridized carbons (Fsp3) is 0.385. The number of nitrogens with two attached hydrogens (primary N) is 1. The lowest BCUT2D eigenvalue weighted by molar-refractivity contribution is 0.550. The van der Waals surface area contributed by atoms with Gasteiger partial charge in [-0.05, 0) is 56.5 Å². The van der Waals surface area contributed by atoms with Crippen LogP contribution in [-0.4, -0.2) is 13.1 Å². The summed E-state index contributed by atoms with van der Waals surface area (Å²) in [6.07, 6.45) is 0.852. The SMILES string of the molecule is CC#CCCNC(CN)c1ccc(Br)c(Br)c1. The van der Waals surface area contributed by atoms with E-state index in [4.69, 9.17) is 5.73 Å². The van der Waals surface area contributed by atoms with E-state index in [1.807, 2.05) is 13.0 Å². The van der Waals surface area contributed by atoms with Crippen LogP contribution in [0.3, 0.4) is 0 Å². The van der Waals surface area contributed by atoms with E-state index >= 15 is 0 Å². The third-order valence-corrected chi connectivity index (χ3v) is 4.28. The zero-order valence-electron chi connectivity index (χ0n) is 9.76. The molecule has 1 atom stereocenters. The summed E-state index contributed by atoms with van der Waals surface area (Å²) in [7, 11) is 0. The number of halogens is 2. The molecule has 1 rings (SSSR count). The Balaban J connectivity index is 2.64. The van der Waals surface area contributed by atoms with Crippen LogP contribution in [0.15, 0.2) is 27.1 Å². The van der Waals surface area contributed by atoms with Crippen molar-refractivity contribution < 1.29 is 0 Å². The highest BCUT2D eigenvalue weighted by molar-refractivity contribution is 9.13.